The van der Waals surface area contributed by atoms with Crippen LogP contribution >= 0.6 is 0 Å². The Hall–Kier alpha value is -1.06. The minimum atomic E-state index is -0.166. The lowest BCUT2D eigenvalue weighted by atomic mass is 10.2. The predicted octanol–water partition coefficient (Wildman–Crippen LogP) is 0.620. The lowest BCUT2D eigenvalue weighted by Crippen LogP contribution is -2.46. The van der Waals surface area contributed by atoms with Gasteiger partial charge in [0, 0.05) is 26.6 Å². The Morgan fingerprint density at radius 3 is 2.33 bits per heavy atom. The van der Waals surface area contributed by atoms with E-state index in [1.54, 1.807) is 11.8 Å². The van der Waals surface area contributed by atoms with Crippen molar-refractivity contribution in [3.8, 4) is 0 Å². The van der Waals surface area contributed by atoms with Gasteiger partial charge in [-0.2, -0.15) is 0 Å². The number of carbonyl (C=O) groups is 2. The van der Waals surface area contributed by atoms with Crippen molar-refractivity contribution in [3.63, 3.8) is 0 Å². The second kappa shape index (κ2) is 4.21. The van der Waals surface area contributed by atoms with Gasteiger partial charge in [0.25, 0.3) is 0 Å². The van der Waals surface area contributed by atoms with Crippen LogP contribution in [0.5, 0.6) is 0 Å². The fourth-order valence-electron chi connectivity index (χ4n) is 2.55. The molecule has 15 heavy (non-hydrogen) atoms. The third-order valence-electron chi connectivity index (χ3n) is 3.36. The van der Waals surface area contributed by atoms with Crippen molar-refractivity contribution in [2.45, 2.75) is 38.6 Å². The maximum atomic E-state index is 12.1. The molecule has 2 aliphatic heterocycles. The Bertz CT molecular complexity index is 272. The van der Waals surface area contributed by atoms with Crippen LogP contribution in [0.2, 0.25) is 0 Å². The van der Waals surface area contributed by atoms with Gasteiger partial charge in [-0.3, -0.25) is 9.59 Å². The van der Waals surface area contributed by atoms with Crippen molar-refractivity contribution < 1.29 is 9.59 Å². The second-order valence-electron chi connectivity index (χ2n) is 4.40. The average molecular weight is 210 g/mol. The first-order valence-corrected chi connectivity index (χ1v) is 5.76. The Kier molecular flexibility index (Phi) is 2.93. The molecule has 4 nitrogen and oxygen atoms in total. The molecule has 84 valence electrons. The van der Waals surface area contributed by atoms with E-state index in [1.165, 1.54) is 0 Å². The molecule has 0 radical (unpaired) electrons. The van der Waals surface area contributed by atoms with Crippen LogP contribution in [0.25, 0.3) is 0 Å². The smallest absolute Gasteiger partial charge is 0.245 e. The summed E-state index contributed by atoms with van der Waals surface area (Å²) >= 11 is 0. The fourth-order valence-corrected chi connectivity index (χ4v) is 2.55. The zero-order valence-electron chi connectivity index (χ0n) is 9.24. The summed E-state index contributed by atoms with van der Waals surface area (Å²) in [4.78, 5) is 27.1. The maximum Gasteiger partial charge on any atom is 0.245 e. The van der Waals surface area contributed by atoms with Crippen LogP contribution in [0.4, 0.5) is 0 Å². The van der Waals surface area contributed by atoms with Gasteiger partial charge in [-0.15, -0.1) is 0 Å². The number of rotatable bonds is 1. The third-order valence-corrected chi connectivity index (χ3v) is 3.36. The van der Waals surface area contributed by atoms with Crippen LogP contribution in [-0.4, -0.2) is 47.3 Å². The largest absolute Gasteiger partial charge is 0.341 e. The highest BCUT2D eigenvalue weighted by atomic mass is 16.2. The number of hydrogen-bond donors (Lipinski definition) is 0. The summed E-state index contributed by atoms with van der Waals surface area (Å²) in [5.74, 6) is 0.199. The van der Waals surface area contributed by atoms with Crippen LogP contribution in [0, 0.1) is 0 Å². The molecular formula is C11H18N2O2. The normalized spacial score (nSPS) is 26.1. The molecular weight excluding hydrogens is 192 g/mol. The highest BCUT2D eigenvalue weighted by Gasteiger charge is 2.35. The first-order chi connectivity index (χ1) is 7.20. The van der Waals surface area contributed by atoms with Gasteiger partial charge < -0.3 is 9.80 Å². The number of likely N-dealkylation sites (tertiary alicyclic amines) is 2. The van der Waals surface area contributed by atoms with Gasteiger partial charge in [-0.05, 0) is 25.7 Å². The average Bonchev–Trinajstić information content (AvgIpc) is 2.88. The molecule has 0 unspecified atom stereocenters. The number of nitrogens with zero attached hydrogens (tertiary/aromatic N) is 2. The minimum Gasteiger partial charge on any atom is -0.341 e. The lowest BCUT2D eigenvalue weighted by Gasteiger charge is -2.26. The molecule has 2 fully saturated rings. The van der Waals surface area contributed by atoms with E-state index >= 15 is 0 Å². The van der Waals surface area contributed by atoms with E-state index in [-0.39, 0.29) is 17.9 Å². The number of amides is 2. The fraction of sp³-hybridized carbons (Fsp3) is 0.818. The van der Waals surface area contributed by atoms with Crippen LogP contribution < -0.4 is 0 Å². The van der Waals surface area contributed by atoms with Gasteiger partial charge in [-0.25, -0.2) is 0 Å². The molecule has 4 heteroatoms. The zero-order chi connectivity index (χ0) is 10.8. The molecule has 2 rings (SSSR count). The molecule has 0 spiro atoms. The van der Waals surface area contributed by atoms with Crippen molar-refractivity contribution in [2.75, 3.05) is 19.6 Å². The molecule has 2 amide bonds. The second-order valence-corrected chi connectivity index (χ2v) is 4.40. The van der Waals surface area contributed by atoms with Gasteiger partial charge in [0.2, 0.25) is 11.8 Å². The van der Waals surface area contributed by atoms with Crippen LogP contribution in [-0.2, 0) is 9.59 Å². The van der Waals surface area contributed by atoms with E-state index in [2.05, 4.69) is 0 Å². The third kappa shape index (κ3) is 1.98. The number of hydrogen-bond acceptors (Lipinski definition) is 2. The molecule has 0 N–H and O–H groups in total. The summed E-state index contributed by atoms with van der Waals surface area (Å²) in [5, 5.41) is 0. The Labute approximate surface area is 90.2 Å². The topological polar surface area (TPSA) is 40.6 Å². The summed E-state index contributed by atoms with van der Waals surface area (Å²) in [6.45, 7) is 4.05. The molecule has 0 aliphatic carbocycles. The minimum absolute atomic E-state index is 0.0325. The van der Waals surface area contributed by atoms with Gasteiger partial charge in [0.15, 0.2) is 0 Å². The predicted molar refractivity (Wildman–Crippen MR) is 56.2 cm³/mol. The van der Waals surface area contributed by atoms with E-state index in [1.807, 2.05) is 4.90 Å². The van der Waals surface area contributed by atoms with Gasteiger partial charge >= 0.3 is 0 Å². The maximum absolute atomic E-state index is 12.1. The van der Waals surface area contributed by atoms with E-state index < -0.39 is 0 Å². The molecule has 0 aromatic rings. The van der Waals surface area contributed by atoms with Crippen LogP contribution in [0.3, 0.4) is 0 Å². The van der Waals surface area contributed by atoms with Crippen molar-refractivity contribution in [1.29, 1.82) is 0 Å². The van der Waals surface area contributed by atoms with E-state index in [0.717, 1.165) is 45.3 Å². The van der Waals surface area contributed by atoms with E-state index in [0.29, 0.717) is 0 Å². The summed E-state index contributed by atoms with van der Waals surface area (Å²) in [6, 6.07) is -0.166. The summed E-state index contributed by atoms with van der Waals surface area (Å²) in [6.07, 6.45) is 4.02. The summed E-state index contributed by atoms with van der Waals surface area (Å²) in [5.41, 5.74) is 0. The highest BCUT2D eigenvalue weighted by molar-refractivity contribution is 5.87. The van der Waals surface area contributed by atoms with E-state index in [9.17, 15) is 9.59 Å². The molecule has 0 aromatic carbocycles. The van der Waals surface area contributed by atoms with Crippen molar-refractivity contribution >= 4 is 11.8 Å². The number of carbonyl (C=O) groups excluding carboxylic acids is 2. The molecule has 0 bridgehead atoms. The molecule has 2 aliphatic rings. The lowest BCUT2D eigenvalue weighted by molar-refractivity contribution is -0.142. The standard InChI is InChI=1S/C11H18N2O2/c1-9(14)13-8-4-5-10(13)11(15)12-6-2-3-7-12/h10H,2-8H2,1H3/t10-/m1/s1. The summed E-state index contributed by atoms with van der Waals surface area (Å²) in [7, 11) is 0. The van der Waals surface area contributed by atoms with Crippen molar-refractivity contribution in [1.82, 2.24) is 9.80 Å². The van der Waals surface area contributed by atoms with Gasteiger partial charge in [0.1, 0.15) is 6.04 Å². The molecule has 2 saturated heterocycles. The quantitative estimate of drug-likeness (QED) is 0.636. The van der Waals surface area contributed by atoms with Gasteiger partial charge in [-0.1, -0.05) is 0 Å². The molecule has 2 heterocycles. The molecule has 1 atom stereocenters. The van der Waals surface area contributed by atoms with Gasteiger partial charge in [0.05, 0.1) is 0 Å². The highest BCUT2D eigenvalue weighted by Crippen LogP contribution is 2.21. The summed E-state index contributed by atoms with van der Waals surface area (Å²) < 4.78 is 0. The first-order valence-electron chi connectivity index (χ1n) is 5.76. The van der Waals surface area contributed by atoms with Crippen molar-refractivity contribution in [3.05, 3.63) is 0 Å². The first kappa shape index (κ1) is 10.5. The van der Waals surface area contributed by atoms with E-state index in [4.69, 9.17) is 0 Å². The van der Waals surface area contributed by atoms with Crippen molar-refractivity contribution in [2.24, 2.45) is 0 Å². The SMILES string of the molecule is CC(=O)N1CCC[C@@H]1C(=O)N1CCCC1. The van der Waals surface area contributed by atoms with Crippen LogP contribution in [0.15, 0.2) is 0 Å². The zero-order valence-corrected chi connectivity index (χ0v) is 9.24. The Morgan fingerprint density at radius 2 is 1.73 bits per heavy atom. The Balaban J connectivity index is 2.02. The molecule has 0 saturated carbocycles. The van der Waals surface area contributed by atoms with Crippen LogP contribution in [0.1, 0.15) is 32.6 Å². The molecule has 0 aromatic heterocycles. The monoisotopic (exact) mass is 210 g/mol. The Morgan fingerprint density at radius 1 is 1.07 bits per heavy atom.